The number of nitrogens with zero attached hydrogens (tertiary/aromatic N) is 1. The highest BCUT2D eigenvalue weighted by Crippen LogP contribution is 2.22. The third kappa shape index (κ3) is 6.58. The van der Waals surface area contributed by atoms with E-state index in [1.165, 1.54) is 6.07 Å². The van der Waals surface area contributed by atoms with Gasteiger partial charge in [-0.3, -0.25) is 19.7 Å². The molecule has 0 aromatic heterocycles. The molecule has 0 saturated heterocycles. The van der Waals surface area contributed by atoms with Crippen LogP contribution in [0, 0.1) is 23.0 Å². The molecule has 0 unspecified atom stereocenters. The van der Waals surface area contributed by atoms with Gasteiger partial charge in [0.2, 0.25) is 5.91 Å². The first-order valence-corrected chi connectivity index (χ1v) is 9.91. The van der Waals surface area contributed by atoms with Gasteiger partial charge >= 0.3 is 0 Å². The molecule has 160 valence electrons. The van der Waals surface area contributed by atoms with Crippen molar-refractivity contribution >= 4 is 23.2 Å². The van der Waals surface area contributed by atoms with E-state index in [0.29, 0.717) is 24.2 Å². The van der Waals surface area contributed by atoms with Crippen LogP contribution in [0.15, 0.2) is 48.5 Å². The lowest BCUT2D eigenvalue weighted by Crippen LogP contribution is -2.48. The van der Waals surface area contributed by atoms with Crippen molar-refractivity contribution in [2.24, 2.45) is 5.92 Å². The van der Waals surface area contributed by atoms with Gasteiger partial charge in [0.15, 0.2) is 0 Å². The van der Waals surface area contributed by atoms with E-state index in [9.17, 15) is 19.7 Å². The maximum Gasteiger partial charge on any atom is 0.292 e. The third-order valence-corrected chi connectivity index (χ3v) is 4.56. The van der Waals surface area contributed by atoms with Gasteiger partial charge in [-0.05, 0) is 37.0 Å². The van der Waals surface area contributed by atoms with Gasteiger partial charge in [-0.15, -0.1) is 0 Å². The van der Waals surface area contributed by atoms with Crippen LogP contribution >= 0.6 is 0 Å². The van der Waals surface area contributed by atoms with Crippen molar-refractivity contribution in [3.05, 3.63) is 69.8 Å². The highest BCUT2D eigenvalue weighted by atomic mass is 16.6. The van der Waals surface area contributed by atoms with Gasteiger partial charge in [0, 0.05) is 24.7 Å². The van der Waals surface area contributed by atoms with E-state index in [1.54, 1.807) is 30.3 Å². The fourth-order valence-corrected chi connectivity index (χ4v) is 3.05. The molecular formula is C22H28N4O4. The molecule has 0 fully saturated rings. The van der Waals surface area contributed by atoms with Crippen molar-refractivity contribution in [2.75, 3.05) is 18.4 Å². The Balaban J connectivity index is 1.93. The molecule has 0 aliphatic carbocycles. The van der Waals surface area contributed by atoms with Crippen LogP contribution < -0.4 is 16.0 Å². The van der Waals surface area contributed by atoms with Crippen LogP contribution in [0.1, 0.15) is 36.2 Å². The van der Waals surface area contributed by atoms with E-state index in [0.717, 1.165) is 5.56 Å². The minimum Gasteiger partial charge on any atom is -0.378 e. The van der Waals surface area contributed by atoms with E-state index in [4.69, 9.17) is 0 Å². The molecular weight excluding hydrogens is 384 g/mol. The molecule has 1 atom stereocenters. The summed E-state index contributed by atoms with van der Waals surface area (Å²) in [4.78, 5) is 35.9. The summed E-state index contributed by atoms with van der Waals surface area (Å²) in [6, 6.07) is 12.9. The standard InChI is InChI=1S/C22H28N4O4/c1-15(2)14-19(25-21(27)17-9-5-4-8-16(17)3)22(28)24-13-12-23-18-10-6-7-11-20(18)26(29)30/h4-11,15,19,23H,12-14H2,1-3H3,(H,24,28)(H,25,27)/t19-/m0/s1. The quantitative estimate of drug-likeness (QED) is 0.315. The maximum absolute atomic E-state index is 12.7. The van der Waals surface area contributed by atoms with E-state index in [1.807, 2.05) is 32.9 Å². The number of hydrogen-bond acceptors (Lipinski definition) is 5. The van der Waals surface area contributed by atoms with Gasteiger partial charge in [-0.2, -0.15) is 0 Å². The molecule has 0 radical (unpaired) electrons. The number of para-hydroxylation sites is 2. The Labute approximate surface area is 176 Å². The first kappa shape index (κ1) is 22.9. The van der Waals surface area contributed by atoms with Crippen molar-refractivity contribution < 1.29 is 14.5 Å². The molecule has 2 rings (SSSR count). The monoisotopic (exact) mass is 412 g/mol. The maximum atomic E-state index is 12.7. The number of carbonyl (C=O) groups is 2. The number of anilines is 1. The zero-order valence-corrected chi connectivity index (χ0v) is 17.5. The van der Waals surface area contributed by atoms with Crippen molar-refractivity contribution in [1.29, 1.82) is 0 Å². The minimum absolute atomic E-state index is 0.0213. The molecule has 2 aromatic carbocycles. The Morgan fingerprint density at radius 2 is 1.70 bits per heavy atom. The number of nitro benzene ring substituents is 1. The molecule has 3 N–H and O–H groups in total. The Bertz CT molecular complexity index is 898. The van der Waals surface area contributed by atoms with Gasteiger partial charge in [0.1, 0.15) is 11.7 Å². The van der Waals surface area contributed by atoms with Crippen molar-refractivity contribution in [1.82, 2.24) is 10.6 Å². The van der Waals surface area contributed by atoms with Crippen LogP contribution in [-0.2, 0) is 4.79 Å². The molecule has 30 heavy (non-hydrogen) atoms. The second-order valence-electron chi connectivity index (χ2n) is 7.46. The van der Waals surface area contributed by atoms with Gasteiger partial charge < -0.3 is 16.0 Å². The van der Waals surface area contributed by atoms with Crippen LogP contribution in [0.2, 0.25) is 0 Å². The Morgan fingerprint density at radius 1 is 1.03 bits per heavy atom. The molecule has 2 aromatic rings. The van der Waals surface area contributed by atoms with Gasteiger partial charge in [0.25, 0.3) is 11.6 Å². The zero-order chi connectivity index (χ0) is 22.1. The number of benzene rings is 2. The van der Waals surface area contributed by atoms with E-state index in [2.05, 4.69) is 16.0 Å². The molecule has 2 amide bonds. The SMILES string of the molecule is Cc1ccccc1C(=O)N[C@@H](CC(C)C)C(=O)NCCNc1ccccc1[N+](=O)[O-]. The summed E-state index contributed by atoms with van der Waals surface area (Å²) in [6.07, 6.45) is 0.501. The molecule has 0 spiro atoms. The first-order valence-electron chi connectivity index (χ1n) is 9.91. The number of hydrogen-bond donors (Lipinski definition) is 3. The largest absolute Gasteiger partial charge is 0.378 e. The van der Waals surface area contributed by atoms with Crippen molar-refractivity contribution in [3.63, 3.8) is 0 Å². The molecule has 8 nitrogen and oxygen atoms in total. The Hall–Kier alpha value is -3.42. The smallest absolute Gasteiger partial charge is 0.292 e. The second-order valence-corrected chi connectivity index (χ2v) is 7.46. The molecule has 0 heterocycles. The lowest BCUT2D eigenvalue weighted by molar-refractivity contribution is -0.384. The number of carbonyl (C=O) groups excluding carboxylic acids is 2. The summed E-state index contributed by atoms with van der Waals surface area (Å²) in [6.45, 7) is 6.39. The summed E-state index contributed by atoms with van der Waals surface area (Å²) < 4.78 is 0. The highest BCUT2D eigenvalue weighted by molar-refractivity contribution is 5.98. The lowest BCUT2D eigenvalue weighted by atomic mass is 10.0. The van der Waals surface area contributed by atoms with E-state index < -0.39 is 11.0 Å². The van der Waals surface area contributed by atoms with Gasteiger partial charge in [-0.25, -0.2) is 0 Å². The third-order valence-electron chi connectivity index (χ3n) is 4.56. The molecule has 8 heteroatoms. The average molecular weight is 412 g/mol. The molecule has 0 bridgehead atoms. The van der Waals surface area contributed by atoms with E-state index >= 15 is 0 Å². The highest BCUT2D eigenvalue weighted by Gasteiger charge is 2.23. The molecule has 0 saturated carbocycles. The minimum atomic E-state index is -0.664. The molecule has 0 aliphatic heterocycles. The summed E-state index contributed by atoms with van der Waals surface area (Å²) >= 11 is 0. The molecule has 0 aliphatic rings. The predicted molar refractivity (Wildman–Crippen MR) is 116 cm³/mol. The Kier molecular flexibility index (Phi) is 8.34. The number of amides is 2. The normalized spacial score (nSPS) is 11.6. The van der Waals surface area contributed by atoms with Crippen LogP contribution in [0.3, 0.4) is 0 Å². The second kappa shape index (κ2) is 10.9. The van der Waals surface area contributed by atoms with Crippen LogP contribution in [-0.4, -0.2) is 35.9 Å². The fraction of sp³-hybridized carbons (Fsp3) is 0.364. The summed E-state index contributed by atoms with van der Waals surface area (Å²) in [5, 5.41) is 19.6. The summed E-state index contributed by atoms with van der Waals surface area (Å²) in [7, 11) is 0. The summed E-state index contributed by atoms with van der Waals surface area (Å²) in [5.41, 5.74) is 1.75. The number of aryl methyl sites for hydroxylation is 1. The van der Waals surface area contributed by atoms with Gasteiger partial charge in [-0.1, -0.05) is 44.2 Å². The number of rotatable bonds is 10. The van der Waals surface area contributed by atoms with Crippen molar-refractivity contribution in [2.45, 2.75) is 33.2 Å². The van der Waals surface area contributed by atoms with Crippen LogP contribution in [0.25, 0.3) is 0 Å². The lowest BCUT2D eigenvalue weighted by Gasteiger charge is -2.21. The summed E-state index contributed by atoms with van der Waals surface area (Å²) in [5.74, 6) is -0.357. The van der Waals surface area contributed by atoms with Crippen LogP contribution in [0.5, 0.6) is 0 Å². The first-order chi connectivity index (χ1) is 14.3. The number of nitro groups is 1. The van der Waals surface area contributed by atoms with Crippen LogP contribution in [0.4, 0.5) is 11.4 Å². The van der Waals surface area contributed by atoms with Crippen molar-refractivity contribution in [3.8, 4) is 0 Å². The number of nitrogens with one attached hydrogen (secondary N) is 3. The van der Waals surface area contributed by atoms with E-state index in [-0.39, 0.29) is 30.0 Å². The zero-order valence-electron chi connectivity index (χ0n) is 17.5. The van der Waals surface area contributed by atoms with Gasteiger partial charge in [0.05, 0.1) is 4.92 Å². The average Bonchev–Trinajstić information content (AvgIpc) is 2.70. The Morgan fingerprint density at radius 3 is 2.37 bits per heavy atom. The predicted octanol–water partition coefficient (Wildman–Crippen LogP) is 3.28. The topological polar surface area (TPSA) is 113 Å². The fourth-order valence-electron chi connectivity index (χ4n) is 3.05.